The summed E-state index contributed by atoms with van der Waals surface area (Å²) < 4.78 is 91.7. The van der Waals surface area contributed by atoms with E-state index in [0.717, 1.165) is 41.4 Å². The van der Waals surface area contributed by atoms with Crippen LogP contribution in [0.25, 0.3) is 0 Å². The molecule has 1 heterocycles. The van der Waals surface area contributed by atoms with Gasteiger partial charge in [0, 0.05) is 11.6 Å². The summed E-state index contributed by atoms with van der Waals surface area (Å²) in [6.07, 6.45) is -5.04. The highest BCUT2D eigenvalue weighted by Gasteiger charge is 2.64. The molecule has 1 atom stereocenters. The Labute approximate surface area is 221 Å². The van der Waals surface area contributed by atoms with Gasteiger partial charge in [-0.1, -0.05) is 0 Å². The Kier molecular flexibility index (Phi) is 6.85. The number of sulfonamides is 1. The van der Waals surface area contributed by atoms with Crippen LogP contribution < -0.4 is 19.7 Å². The quantitative estimate of drug-likeness (QED) is 0.460. The lowest BCUT2D eigenvalue weighted by Gasteiger charge is -2.35. The highest BCUT2D eigenvalue weighted by atomic mass is 32.2. The van der Waals surface area contributed by atoms with Gasteiger partial charge in [0.1, 0.15) is 29.7 Å². The zero-order valence-electron chi connectivity index (χ0n) is 20.5. The molecule has 39 heavy (non-hydrogen) atoms. The van der Waals surface area contributed by atoms with Crippen molar-refractivity contribution in [3.63, 3.8) is 0 Å². The number of carbonyl (C=O) groups is 2. The molecule has 2 saturated carbocycles. The maximum absolute atomic E-state index is 13.6. The van der Waals surface area contributed by atoms with Gasteiger partial charge >= 0.3 is 12.3 Å². The van der Waals surface area contributed by atoms with Crippen LogP contribution in [-0.2, 0) is 19.6 Å². The number of alkyl halides is 3. The van der Waals surface area contributed by atoms with Crippen molar-refractivity contribution in [1.82, 2.24) is 5.32 Å². The largest absolute Gasteiger partial charge is 0.484 e. The van der Waals surface area contributed by atoms with E-state index in [0.29, 0.717) is 0 Å². The number of halogens is 4. The molecule has 14 heteroatoms. The monoisotopic (exact) mass is 571 g/mol. The first-order valence-electron chi connectivity index (χ1n) is 12.3. The number of hydrogen-bond donors (Lipinski definition) is 2. The highest BCUT2D eigenvalue weighted by Crippen LogP contribution is 2.57. The molecule has 0 aromatic heterocycles. The fourth-order valence-electron chi connectivity index (χ4n) is 4.18. The molecule has 0 radical (unpaired) electrons. The molecule has 2 aromatic carbocycles. The standard InChI is InChI=1S/C25H25F4N3O6S/c26-16-3-6-19(7-4-16)39(35,36)32-13-18(12-30-22(33)15-1-2-15)38-21-8-5-17(11-20(21)32)31-23(34)37-14-24(9-10-24)25(27,28)29/h3-8,11,15,18H,1-2,9-10,12-14H2,(H,30,33)(H,31,34). The molecule has 3 aliphatic rings. The average Bonchev–Trinajstić information content (AvgIpc) is 3.80. The summed E-state index contributed by atoms with van der Waals surface area (Å²) in [5.41, 5.74) is -1.94. The van der Waals surface area contributed by atoms with Crippen molar-refractivity contribution in [2.24, 2.45) is 11.3 Å². The first-order valence-corrected chi connectivity index (χ1v) is 13.7. The number of nitrogens with zero attached hydrogens (tertiary/aromatic N) is 1. The van der Waals surface area contributed by atoms with Gasteiger partial charge in [0.25, 0.3) is 10.0 Å². The molecule has 0 bridgehead atoms. The highest BCUT2D eigenvalue weighted by molar-refractivity contribution is 7.92. The molecule has 2 aliphatic carbocycles. The van der Waals surface area contributed by atoms with Crippen LogP contribution in [0.5, 0.6) is 5.75 Å². The third-order valence-corrected chi connectivity index (χ3v) is 8.72. The first kappa shape index (κ1) is 27.0. The number of carbonyl (C=O) groups excluding carboxylic acids is 2. The predicted octanol–water partition coefficient (Wildman–Crippen LogP) is 4.20. The maximum atomic E-state index is 13.6. The maximum Gasteiger partial charge on any atom is 0.411 e. The van der Waals surface area contributed by atoms with Gasteiger partial charge in [-0.15, -0.1) is 0 Å². The van der Waals surface area contributed by atoms with Crippen molar-refractivity contribution < 1.29 is 45.0 Å². The number of anilines is 2. The van der Waals surface area contributed by atoms with Gasteiger partial charge in [-0.2, -0.15) is 13.2 Å². The molecule has 2 fully saturated rings. The zero-order valence-corrected chi connectivity index (χ0v) is 21.3. The molecular formula is C25H25F4N3O6S. The Bertz CT molecular complexity index is 1380. The van der Waals surface area contributed by atoms with Crippen molar-refractivity contribution in [1.29, 1.82) is 0 Å². The molecule has 1 unspecified atom stereocenters. The molecule has 5 rings (SSSR count). The van der Waals surface area contributed by atoms with Gasteiger partial charge in [-0.05, 0) is 68.1 Å². The van der Waals surface area contributed by atoms with Gasteiger partial charge in [-0.25, -0.2) is 17.6 Å². The van der Waals surface area contributed by atoms with Gasteiger partial charge in [0.05, 0.1) is 23.7 Å². The average molecular weight is 572 g/mol. The second-order valence-electron chi connectivity index (χ2n) is 9.91. The third-order valence-electron chi connectivity index (χ3n) is 6.93. The van der Waals surface area contributed by atoms with Crippen LogP contribution in [0.1, 0.15) is 25.7 Å². The van der Waals surface area contributed by atoms with Crippen LogP contribution in [0, 0.1) is 17.2 Å². The molecule has 210 valence electrons. The van der Waals surface area contributed by atoms with Crippen molar-refractivity contribution >= 4 is 33.4 Å². The van der Waals surface area contributed by atoms with Crippen LogP contribution in [-0.4, -0.2) is 52.4 Å². The summed E-state index contributed by atoms with van der Waals surface area (Å²) >= 11 is 0. The van der Waals surface area contributed by atoms with Crippen LogP contribution >= 0.6 is 0 Å². The molecule has 9 nitrogen and oxygen atoms in total. The minimum atomic E-state index is -4.49. The van der Waals surface area contributed by atoms with E-state index < -0.39 is 46.2 Å². The van der Waals surface area contributed by atoms with Crippen LogP contribution in [0.4, 0.5) is 33.7 Å². The summed E-state index contributed by atoms with van der Waals surface area (Å²) in [6, 6.07) is 8.28. The molecule has 2 aromatic rings. The molecular weight excluding hydrogens is 546 g/mol. The number of hydrogen-bond acceptors (Lipinski definition) is 6. The van der Waals surface area contributed by atoms with E-state index in [1.54, 1.807) is 0 Å². The SMILES string of the molecule is O=C(Nc1ccc2c(c1)N(S(=O)(=O)c1ccc(F)cc1)CC(CNC(=O)C1CC1)O2)OCC1(C(F)(F)F)CC1. The van der Waals surface area contributed by atoms with Gasteiger partial charge in [0.2, 0.25) is 5.91 Å². The van der Waals surface area contributed by atoms with Crippen molar-refractivity contribution in [3.05, 3.63) is 48.3 Å². The van der Waals surface area contributed by atoms with Crippen LogP contribution in [0.2, 0.25) is 0 Å². The third kappa shape index (κ3) is 5.75. The van der Waals surface area contributed by atoms with E-state index in [1.165, 1.54) is 18.2 Å². The lowest BCUT2D eigenvalue weighted by Crippen LogP contribution is -2.48. The molecule has 1 aliphatic heterocycles. The van der Waals surface area contributed by atoms with E-state index in [9.17, 15) is 35.6 Å². The minimum absolute atomic E-state index is 0.0378. The van der Waals surface area contributed by atoms with E-state index in [2.05, 4.69) is 10.6 Å². The Balaban J connectivity index is 1.36. The number of benzene rings is 2. The van der Waals surface area contributed by atoms with E-state index in [1.807, 2.05) is 0 Å². The Morgan fingerprint density at radius 3 is 2.41 bits per heavy atom. The van der Waals surface area contributed by atoms with Crippen molar-refractivity contribution in [3.8, 4) is 5.75 Å². The summed E-state index contributed by atoms with van der Waals surface area (Å²) in [5.74, 6) is -0.695. The fourth-order valence-corrected chi connectivity index (χ4v) is 5.68. The van der Waals surface area contributed by atoms with Gasteiger partial charge < -0.3 is 14.8 Å². The Morgan fingerprint density at radius 2 is 1.79 bits per heavy atom. The summed E-state index contributed by atoms with van der Waals surface area (Å²) in [5, 5.41) is 5.08. The topological polar surface area (TPSA) is 114 Å². The normalized spacial score (nSPS) is 19.9. The number of nitrogens with one attached hydrogen (secondary N) is 2. The summed E-state index contributed by atoms with van der Waals surface area (Å²) in [6.45, 7) is -0.993. The van der Waals surface area contributed by atoms with Gasteiger partial charge in [0.15, 0.2) is 0 Å². The van der Waals surface area contributed by atoms with E-state index in [4.69, 9.17) is 9.47 Å². The lowest BCUT2D eigenvalue weighted by molar-refractivity contribution is -0.196. The second-order valence-corrected chi connectivity index (χ2v) is 11.8. The van der Waals surface area contributed by atoms with Crippen molar-refractivity contribution in [2.75, 3.05) is 29.3 Å². The Morgan fingerprint density at radius 1 is 1.10 bits per heavy atom. The van der Waals surface area contributed by atoms with Crippen LogP contribution in [0.3, 0.4) is 0 Å². The number of ether oxygens (including phenoxy) is 2. The van der Waals surface area contributed by atoms with Crippen LogP contribution in [0.15, 0.2) is 47.4 Å². The summed E-state index contributed by atoms with van der Waals surface area (Å²) in [4.78, 5) is 24.1. The Hall–Kier alpha value is -3.55. The predicted molar refractivity (Wildman–Crippen MR) is 130 cm³/mol. The fraction of sp³-hybridized carbons (Fsp3) is 0.440. The zero-order chi connectivity index (χ0) is 28.0. The first-order chi connectivity index (χ1) is 18.4. The van der Waals surface area contributed by atoms with Gasteiger partial charge in [-0.3, -0.25) is 14.4 Å². The smallest absolute Gasteiger partial charge is 0.411 e. The summed E-state index contributed by atoms with van der Waals surface area (Å²) in [7, 11) is -4.25. The number of rotatable bonds is 8. The molecule has 0 saturated heterocycles. The molecule has 0 spiro atoms. The van der Waals surface area contributed by atoms with E-state index >= 15 is 0 Å². The minimum Gasteiger partial charge on any atom is -0.484 e. The number of amides is 2. The molecule has 2 amide bonds. The number of fused-ring (bicyclic) bond motifs is 1. The lowest BCUT2D eigenvalue weighted by atomic mass is 10.1. The second kappa shape index (κ2) is 9.88. The molecule has 2 N–H and O–H groups in total. The van der Waals surface area contributed by atoms with E-state index in [-0.39, 0.29) is 59.8 Å². The van der Waals surface area contributed by atoms with Crippen molar-refractivity contribution in [2.45, 2.75) is 42.9 Å².